The minimum Gasteiger partial charge on any atom is -0.496 e. The highest BCUT2D eigenvalue weighted by atomic mass is 79.9. The molecule has 138 valence electrons. The zero-order chi connectivity index (χ0) is 19.1. The molecule has 0 saturated carbocycles. The van der Waals surface area contributed by atoms with Gasteiger partial charge in [-0.1, -0.05) is 17.7 Å². The van der Waals surface area contributed by atoms with Crippen LogP contribution >= 0.6 is 27.5 Å². The van der Waals surface area contributed by atoms with Gasteiger partial charge >= 0.3 is 0 Å². The first-order chi connectivity index (χ1) is 12.4. The van der Waals surface area contributed by atoms with E-state index in [9.17, 15) is 4.79 Å². The minimum atomic E-state index is -0.491. The molecule has 0 radical (unpaired) electrons. The number of nitrogens with zero attached hydrogens (tertiary/aromatic N) is 1. The van der Waals surface area contributed by atoms with Crippen LogP contribution in [0.2, 0.25) is 5.02 Å². The molecule has 2 rings (SSSR count). The van der Waals surface area contributed by atoms with Gasteiger partial charge in [-0.15, -0.1) is 0 Å². The van der Waals surface area contributed by atoms with E-state index in [2.05, 4.69) is 31.8 Å². The van der Waals surface area contributed by atoms with Gasteiger partial charge in [0.15, 0.2) is 0 Å². The molecule has 0 saturated heterocycles. The van der Waals surface area contributed by atoms with Crippen molar-refractivity contribution >= 4 is 45.3 Å². The molecule has 2 aromatic carbocycles. The molecule has 26 heavy (non-hydrogen) atoms. The Morgan fingerprint density at radius 1 is 1.23 bits per heavy atom. The molecule has 0 aliphatic carbocycles. The van der Waals surface area contributed by atoms with Crippen LogP contribution in [-0.2, 0) is 4.79 Å². The summed E-state index contributed by atoms with van der Waals surface area (Å²) in [5, 5.41) is 7.65. The summed E-state index contributed by atoms with van der Waals surface area (Å²) in [6, 6.07) is 10.2. The normalized spacial score (nSPS) is 11.9. The molecule has 0 heterocycles. The van der Waals surface area contributed by atoms with E-state index >= 15 is 0 Å². The Morgan fingerprint density at radius 2 is 1.96 bits per heavy atom. The number of methoxy groups -OCH3 is 2. The number of carbonyl (C=O) groups is 1. The molecule has 0 unspecified atom stereocenters. The summed E-state index contributed by atoms with van der Waals surface area (Å²) in [6.07, 6.45) is 1.51. The number of nitrogens with one attached hydrogen (secondary N) is 2. The van der Waals surface area contributed by atoms with E-state index in [1.807, 2.05) is 6.07 Å². The Labute approximate surface area is 165 Å². The molecule has 2 N–H and O–H groups in total. The van der Waals surface area contributed by atoms with Gasteiger partial charge in [0.05, 0.1) is 24.9 Å². The summed E-state index contributed by atoms with van der Waals surface area (Å²) in [4.78, 5) is 12.2. The van der Waals surface area contributed by atoms with Gasteiger partial charge in [-0.2, -0.15) is 5.10 Å². The van der Waals surface area contributed by atoms with Gasteiger partial charge in [0.2, 0.25) is 0 Å². The Hall–Kier alpha value is -2.25. The quantitative estimate of drug-likeness (QED) is 0.503. The highest BCUT2D eigenvalue weighted by Crippen LogP contribution is 2.31. The van der Waals surface area contributed by atoms with Crippen molar-refractivity contribution in [3.63, 3.8) is 0 Å². The highest BCUT2D eigenvalue weighted by Gasteiger charge is 2.12. The third-order valence-electron chi connectivity index (χ3n) is 3.48. The number of ether oxygens (including phenoxy) is 2. The lowest BCUT2D eigenvalue weighted by molar-refractivity contribution is -0.121. The number of amides is 1. The van der Waals surface area contributed by atoms with E-state index in [0.717, 1.165) is 10.2 Å². The molecule has 1 amide bonds. The summed E-state index contributed by atoms with van der Waals surface area (Å²) in [6.45, 7) is 1.73. The topological polar surface area (TPSA) is 72.0 Å². The molecule has 6 nitrogen and oxygen atoms in total. The van der Waals surface area contributed by atoms with Crippen LogP contribution in [0, 0.1) is 0 Å². The minimum absolute atomic E-state index is 0.284. The number of benzene rings is 2. The summed E-state index contributed by atoms with van der Waals surface area (Å²) in [5.41, 5.74) is 3.94. The number of hydrazone groups is 1. The monoisotopic (exact) mass is 439 g/mol. The molecule has 0 fully saturated rings. The van der Waals surface area contributed by atoms with E-state index in [4.69, 9.17) is 21.1 Å². The molecule has 0 aliphatic heterocycles. The third kappa shape index (κ3) is 5.37. The standard InChI is InChI=1S/C18H19BrClN3O3/c1-11(22-14-6-4-5-13(20)8-14)18(24)23-21-10-12-7-15(19)17(26-3)9-16(12)25-2/h4-11,22H,1-3H3,(H,23,24)/b21-10-/t11-/m0/s1. The van der Waals surface area contributed by atoms with E-state index in [1.165, 1.54) is 6.21 Å². The van der Waals surface area contributed by atoms with Crippen molar-refractivity contribution < 1.29 is 14.3 Å². The first-order valence-electron chi connectivity index (χ1n) is 7.71. The summed E-state index contributed by atoms with van der Waals surface area (Å²) >= 11 is 9.34. The maximum atomic E-state index is 12.2. The van der Waals surface area contributed by atoms with E-state index < -0.39 is 6.04 Å². The average molecular weight is 441 g/mol. The second-order valence-electron chi connectivity index (χ2n) is 5.34. The molecule has 0 aromatic heterocycles. The van der Waals surface area contributed by atoms with Gasteiger partial charge in [0, 0.05) is 22.3 Å². The van der Waals surface area contributed by atoms with Crippen LogP contribution in [-0.4, -0.2) is 32.4 Å². The van der Waals surface area contributed by atoms with Crippen LogP contribution in [0.1, 0.15) is 12.5 Å². The Morgan fingerprint density at radius 3 is 2.62 bits per heavy atom. The maximum Gasteiger partial charge on any atom is 0.262 e. The van der Waals surface area contributed by atoms with Crippen molar-refractivity contribution in [1.82, 2.24) is 5.43 Å². The van der Waals surface area contributed by atoms with Crippen molar-refractivity contribution in [2.45, 2.75) is 13.0 Å². The van der Waals surface area contributed by atoms with E-state index in [0.29, 0.717) is 22.1 Å². The number of rotatable bonds is 7. The second-order valence-corrected chi connectivity index (χ2v) is 6.63. The summed E-state index contributed by atoms with van der Waals surface area (Å²) in [7, 11) is 3.12. The van der Waals surface area contributed by atoms with Crippen molar-refractivity contribution in [2.75, 3.05) is 19.5 Å². The van der Waals surface area contributed by atoms with Crippen LogP contribution in [0.25, 0.3) is 0 Å². The van der Waals surface area contributed by atoms with Crippen LogP contribution in [0.5, 0.6) is 11.5 Å². The van der Waals surface area contributed by atoms with Crippen LogP contribution in [0.3, 0.4) is 0 Å². The van der Waals surface area contributed by atoms with Crippen LogP contribution < -0.4 is 20.2 Å². The molecule has 0 spiro atoms. The molecule has 0 bridgehead atoms. The lowest BCUT2D eigenvalue weighted by Crippen LogP contribution is -2.34. The van der Waals surface area contributed by atoms with E-state index in [-0.39, 0.29) is 5.91 Å². The van der Waals surface area contributed by atoms with Crippen LogP contribution in [0.15, 0.2) is 46.0 Å². The molecule has 2 aromatic rings. The SMILES string of the molecule is COc1cc(OC)c(/C=N\NC(=O)[C@H](C)Nc2cccc(Cl)c2)cc1Br. The van der Waals surface area contributed by atoms with Gasteiger partial charge in [0.1, 0.15) is 17.5 Å². The first kappa shape index (κ1) is 20.1. The highest BCUT2D eigenvalue weighted by molar-refractivity contribution is 9.10. The van der Waals surface area contributed by atoms with Crippen molar-refractivity contribution in [2.24, 2.45) is 5.10 Å². The zero-order valence-electron chi connectivity index (χ0n) is 14.5. The van der Waals surface area contributed by atoms with Gasteiger partial charge in [-0.05, 0) is 47.1 Å². The largest absolute Gasteiger partial charge is 0.496 e. The Bertz CT molecular complexity index is 814. The fourth-order valence-electron chi connectivity index (χ4n) is 2.14. The number of hydrogen-bond donors (Lipinski definition) is 2. The van der Waals surface area contributed by atoms with Gasteiger partial charge < -0.3 is 14.8 Å². The van der Waals surface area contributed by atoms with Crippen LogP contribution in [0.4, 0.5) is 5.69 Å². The molecular formula is C18H19BrClN3O3. The fourth-order valence-corrected chi connectivity index (χ4v) is 2.85. The van der Waals surface area contributed by atoms with Gasteiger partial charge in [-0.25, -0.2) is 5.43 Å². The summed E-state index contributed by atoms with van der Waals surface area (Å²) < 4.78 is 11.3. The Balaban J connectivity index is 2.01. The van der Waals surface area contributed by atoms with Crippen molar-refractivity contribution in [3.05, 3.63) is 51.5 Å². The third-order valence-corrected chi connectivity index (χ3v) is 4.34. The number of carbonyl (C=O) groups excluding carboxylic acids is 1. The first-order valence-corrected chi connectivity index (χ1v) is 8.88. The molecular weight excluding hydrogens is 422 g/mol. The van der Waals surface area contributed by atoms with Crippen molar-refractivity contribution in [3.8, 4) is 11.5 Å². The Kier molecular flexibility index (Phi) is 7.29. The lowest BCUT2D eigenvalue weighted by atomic mass is 10.2. The summed E-state index contributed by atoms with van der Waals surface area (Å²) in [5.74, 6) is 0.934. The molecule has 8 heteroatoms. The van der Waals surface area contributed by atoms with Gasteiger partial charge in [-0.3, -0.25) is 4.79 Å². The fraction of sp³-hybridized carbons (Fsp3) is 0.222. The maximum absolute atomic E-state index is 12.2. The molecule has 0 aliphatic rings. The van der Waals surface area contributed by atoms with Gasteiger partial charge in [0.25, 0.3) is 5.91 Å². The second kappa shape index (κ2) is 9.45. The zero-order valence-corrected chi connectivity index (χ0v) is 16.9. The van der Waals surface area contributed by atoms with Crippen molar-refractivity contribution in [1.29, 1.82) is 0 Å². The lowest BCUT2D eigenvalue weighted by Gasteiger charge is -2.13. The molecule has 1 atom stereocenters. The number of anilines is 1. The predicted molar refractivity (Wildman–Crippen MR) is 108 cm³/mol. The predicted octanol–water partition coefficient (Wildman–Crippen LogP) is 4.07. The van der Waals surface area contributed by atoms with E-state index in [1.54, 1.807) is 51.5 Å². The average Bonchev–Trinajstić information content (AvgIpc) is 2.61. The number of hydrogen-bond acceptors (Lipinski definition) is 5. The smallest absolute Gasteiger partial charge is 0.262 e. The number of halogens is 2.